The zero-order valence-corrected chi connectivity index (χ0v) is 27.1. The monoisotopic (exact) mass is 619 g/mol. The summed E-state index contributed by atoms with van der Waals surface area (Å²) in [7, 11) is -2.71. The van der Waals surface area contributed by atoms with Crippen LogP contribution in [-0.4, -0.2) is 57.4 Å². The molecule has 44 heavy (non-hydrogen) atoms. The lowest BCUT2D eigenvalue weighted by atomic mass is 9.95. The second-order valence-electron chi connectivity index (χ2n) is 11.6. The van der Waals surface area contributed by atoms with E-state index in [4.69, 9.17) is 4.74 Å². The Morgan fingerprint density at radius 3 is 2.23 bits per heavy atom. The lowest BCUT2D eigenvalue weighted by Gasteiger charge is -2.34. The number of anilines is 1. The summed E-state index contributed by atoms with van der Waals surface area (Å²) in [6, 6.07) is 20.9. The zero-order chi connectivity index (χ0) is 31.7. The van der Waals surface area contributed by atoms with Crippen LogP contribution in [0.15, 0.2) is 77.7 Å². The van der Waals surface area contributed by atoms with Crippen LogP contribution in [0.5, 0.6) is 5.75 Å². The molecule has 4 rings (SSSR count). The molecule has 1 aliphatic carbocycles. The maximum Gasteiger partial charge on any atom is 0.264 e. The first kappa shape index (κ1) is 33.1. The van der Waals surface area contributed by atoms with Gasteiger partial charge in [-0.15, -0.1) is 0 Å². The minimum atomic E-state index is -4.19. The van der Waals surface area contributed by atoms with Gasteiger partial charge in [-0.2, -0.15) is 0 Å². The van der Waals surface area contributed by atoms with E-state index in [0.29, 0.717) is 18.6 Å². The van der Waals surface area contributed by atoms with E-state index in [1.54, 1.807) is 41.3 Å². The molecule has 3 aromatic carbocycles. The zero-order valence-electron chi connectivity index (χ0n) is 26.3. The molecule has 2 amide bonds. The van der Waals surface area contributed by atoms with E-state index >= 15 is 0 Å². The van der Waals surface area contributed by atoms with E-state index in [1.165, 1.54) is 13.5 Å². The van der Waals surface area contributed by atoms with E-state index in [2.05, 4.69) is 5.32 Å². The minimum Gasteiger partial charge on any atom is -0.495 e. The Balaban J connectivity index is 1.72. The fourth-order valence-corrected chi connectivity index (χ4v) is 7.20. The van der Waals surface area contributed by atoms with E-state index in [9.17, 15) is 18.0 Å². The molecule has 0 spiro atoms. The standard InChI is InChI=1S/C35H45N3O5S/c1-5-31(35(40)36-29-14-10-7-11-15-29)37(23-22-28-12-8-6-9-13-28)34(39)25-38(32-24-27(3)18-21-33(32)43-4)44(41,42)30-19-16-26(2)17-20-30/h6,8-9,12-13,16-21,24,29,31H,5,7,10-11,14-15,22-23,25H2,1-4H3,(H,36,40). The molecule has 0 aliphatic heterocycles. The van der Waals surface area contributed by atoms with Crippen LogP contribution in [0, 0.1) is 13.8 Å². The Morgan fingerprint density at radius 1 is 0.932 bits per heavy atom. The SMILES string of the molecule is CCC(C(=O)NC1CCCCC1)N(CCc1ccccc1)C(=O)CN(c1cc(C)ccc1OC)S(=O)(=O)c1ccc(C)cc1. The average molecular weight is 620 g/mol. The van der Waals surface area contributed by atoms with Crippen LogP contribution in [-0.2, 0) is 26.0 Å². The van der Waals surface area contributed by atoms with Gasteiger partial charge in [-0.1, -0.05) is 80.3 Å². The molecule has 1 unspecified atom stereocenters. The number of carbonyl (C=O) groups is 2. The second-order valence-corrected chi connectivity index (χ2v) is 13.5. The van der Waals surface area contributed by atoms with E-state index in [1.807, 2.05) is 57.2 Å². The van der Waals surface area contributed by atoms with Gasteiger partial charge in [0.25, 0.3) is 10.0 Å². The number of carbonyl (C=O) groups excluding carboxylic acids is 2. The van der Waals surface area contributed by atoms with Crippen LogP contribution >= 0.6 is 0 Å². The Bertz CT molecular complexity index is 1500. The summed E-state index contributed by atoms with van der Waals surface area (Å²) in [6.07, 6.45) is 6.09. The third kappa shape index (κ3) is 8.20. The molecule has 3 aromatic rings. The van der Waals surface area contributed by atoms with Gasteiger partial charge >= 0.3 is 0 Å². The molecule has 1 N–H and O–H groups in total. The van der Waals surface area contributed by atoms with Gasteiger partial charge in [0, 0.05) is 12.6 Å². The molecule has 0 aromatic heterocycles. The first-order valence-electron chi connectivity index (χ1n) is 15.5. The fourth-order valence-electron chi connectivity index (χ4n) is 5.79. The Morgan fingerprint density at radius 2 is 1.59 bits per heavy atom. The first-order chi connectivity index (χ1) is 21.1. The van der Waals surface area contributed by atoms with Crippen LogP contribution in [0.2, 0.25) is 0 Å². The molecule has 1 aliphatic rings. The second kappa shape index (κ2) is 15.2. The number of nitrogens with one attached hydrogen (secondary N) is 1. The predicted molar refractivity (Wildman–Crippen MR) is 174 cm³/mol. The van der Waals surface area contributed by atoms with Crippen molar-refractivity contribution in [1.82, 2.24) is 10.2 Å². The molecule has 0 heterocycles. The normalized spacial score (nSPS) is 14.5. The number of amides is 2. The topological polar surface area (TPSA) is 96.0 Å². The summed E-state index contributed by atoms with van der Waals surface area (Å²) in [4.78, 5) is 29.7. The number of sulfonamides is 1. The first-order valence-corrected chi connectivity index (χ1v) is 17.0. The highest BCUT2D eigenvalue weighted by Crippen LogP contribution is 2.34. The highest BCUT2D eigenvalue weighted by molar-refractivity contribution is 7.92. The number of aryl methyl sites for hydroxylation is 2. The van der Waals surface area contributed by atoms with Crippen molar-refractivity contribution in [3.63, 3.8) is 0 Å². The van der Waals surface area contributed by atoms with Crippen LogP contribution in [0.4, 0.5) is 5.69 Å². The van der Waals surface area contributed by atoms with Gasteiger partial charge in [0.15, 0.2) is 0 Å². The molecule has 236 valence electrons. The average Bonchev–Trinajstić information content (AvgIpc) is 3.02. The van der Waals surface area contributed by atoms with Crippen molar-refractivity contribution in [3.05, 3.63) is 89.5 Å². The van der Waals surface area contributed by atoms with Crippen LogP contribution < -0.4 is 14.4 Å². The minimum absolute atomic E-state index is 0.0670. The summed E-state index contributed by atoms with van der Waals surface area (Å²) in [5.41, 5.74) is 3.03. The highest BCUT2D eigenvalue weighted by Gasteiger charge is 2.35. The van der Waals surface area contributed by atoms with Gasteiger partial charge in [-0.3, -0.25) is 13.9 Å². The van der Waals surface area contributed by atoms with Crippen molar-refractivity contribution in [2.75, 3.05) is 24.5 Å². The van der Waals surface area contributed by atoms with Crippen molar-refractivity contribution in [2.45, 2.75) is 82.7 Å². The van der Waals surface area contributed by atoms with Crippen molar-refractivity contribution in [2.24, 2.45) is 0 Å². The van der Waals surface area contributed by atoms with Gasteiger partial charge in [-0.25, -0.2) is 8.42 Å². The number of rotatable bonds is 13. The third-order valence-electron chi connectivity index (χ3n) is 8.31. The smallest absolute Gasteiger partial charge is 0.264 e. The molecule has 1 atom stereocenters. The lowest BCUT2D eigenvalue weighted by Crippen LogP contribution is -2.54. The van der Waals surface area contributed by atoms with Crippen molar-refractivity contribution >= 4 is 27.5 Å². The van der Waals surface area contributed by atoms with Gasteiger partial charge in [-0.05, 0) is 74.9 Å². The molecule has 1 fully saturated rings. The Labute approximate surface area is 262 Å². The largest absolute Gasteiger partial charge is 0.495 e. The number of benzene rings is 3. The number of ether oxygens (including phenoxy) is 1. The van der Waals surface area contributed by atoms with Gasteiger partial charge < -0.3 is 15.0 Å². The van der Waals surface area contributed by atoms with Crippen LogP contribution in [0.3, 0.4) is 0 Å². The maximum absolute atomic E-state index is 14.4. The molecule has 9 heteroatoms. The number of nitrogens with zero attached hydrogens (tertiary/aromatic N) is 2. The molecule has 1 saturated carbocycles. The molecule has 0 bridgehead atoms. The third-order valence-corrected chi connectivity index (χ3v) is 10.1. The van der Waals surface area contributed by atoms with Gasteiger partial charge in [0.1, 0.15) is 18.3 Å². The molecule has 0 saturated heterocycles. The predicted octanol–water partition coefficient (Wildman–Crippen LogP) is 5.81. The summed E-state index contributed by atoms with van der Waals surface area (Å²) in [5.74, 6) is -0.315. The lowest BCUT2D eigenvalue weighted by molar-refractivity contribution is -0.140. The maximum atomic E-state index is 14.4. The summed E-state index contributed by atoms with van der Waals surface area (Å²) in [5, 5.41) is 3.19. The Hall–Kier alpha value is -3.85. The number of hydrogen-bond donors (Lipinski definition) is 1. The molecule has 8 nitrogen and oxygen atoms in total. The van der Waals surface area contributed by atoms with E-state index in [-0.39, 0.29) is 29.1 Å². The molecular weight excluding hydrogens is 574 g/mol. The van der Waals surface area contributed by atoms with Gasteiger partial charge in [0.05, 0.1) is 17.7 Å². The quantitative estimate of drug-likeness (QED) is 0.261. The summed E-state index contributed by atoms with van der Waals surface area (Å²) >= 11 is 0. The van der Waals surface area contributed by atoms with E-state index < -0.39 is 28.5 Å². The van der Waals surface area contributed by atoms with Crippen molar-refractivity contribution in [3.8, 4) is 5.75 Å². The van der Waals surface area contributed by atoms with Crippen LogP contribution in [0.1, 0.15) is 62.1 Å². The summed E-state index contributed by atoms with van der Waals surface area (Å²) in [6.45, 7) is 5.41. The number of methoxy groups -OCH3 is 1. The van der Waals surface area contributed by atoms with Crippen molar-refractivity contribution < 1.29 is 22.7 Å². The summed E-state index contributed by atoms with van der Waals surface area (Å²) < 4.78 is 35.1. The van der Waals surface area contributed by atoms with E-state index in [0.717, 1.165) is 46.7 Å². The molecule has 0 radical (unpaired) electrons. The van der Waals surface area contributed by atoms with Gasteiger partial charge in [0.2, 0.25) is 11.8 Å². The van der Waals surface area contributed by atoms with Crippen LogP contribution in [0.25, 0.3) is 0 Å². The number of hydrogen-bond acceptors (Lipinski definition) is 5. The fraction of sp³-hybridized carbons (Fsp3) is 0.429. The Kier molecular flexibility index (Phi) is 11.4. The highest BCUT2D eigenvalue weighted by atomic mass is 32.2. The van der Waals surface area contributed by atoms with Crippen molar-refractivity contribution in [1.29, 1.82) is 0 Å². The molecular formula is C35H45N3O5S.